The van der Waals surface area contributed by atoms with E-state index in [4.69, 9.17) is 4.74 Å². The van der Waals surface area contributed by atoms with Crippen molar-refractivity contribution in [2.45, 2.75) is 31.0 Å². The molecule has 7 nitrogen and oxygen atoms in total. The number of amides is 1. The minimum Gasteiger partial charge on any atom is -0.508 e. The van der Waals surface area contributed by atoms with Crippen LogP contribution in [0.5, 0.6) is 5.75 Å². The van der Waals surface area contributed by atoms with E-state index in [-0.39, 0.29) is 28.8 Å². The molecule has 0 aliphatic carbocycles. The fourth-order valence-electron chi connectivity index (χ4n) is 3.00. The van der Waals surface area contributed by atoms with Gasteiger partial charge in [-0.15, -0.1) is 0 Å². The summed E-state index contributed by atoms with van der Waals surface area (Å²) in [6, 6.07) is 11.9. The van der Waals surface area contributed by atoms with Gasteiger partial charge in [0.1, 0.15) is 5.75 Å². The number of carbonyl (C=O) groups excluding carboxylic acids is 1. The molecule has 0 radical (unpaired) electrons. The normalized spacial score (nSPS) is 21.0. The van der Waals surface area contributed by atoms with E-state index in [1.807, 2.05) is 13.8 Å². The lowest BCUT2D eigenvalue weighted by molar-refractivity contribution is -0.0440. The molecular formula is C19H22N2O5S. The van der Waals surface area contributed by atoms with Crippen LogP contribution in [0.1, 0.15) is 24.2 Å². The molecule has 0 aromatic heterocycles. The molecule has 27 heavy (non-hydrogen) atoms. The van der Waals surface area contributed by atoms with Crippen molar-refractivity contribution in [2.75, 3.05) is 18.4 Å². The Kier molecular flexibility index (Phi) is 5.50. The first kappa shape index (κ1) is 19.3. The van der Waals surface area contributed by atoms with Crippen LogP contribution >= 0.6 is 0 Å². The predicted molar refractivity (Wildman–Crippen MR) is 101 cm³/mol. The first-order valence-corrected chi connectivity index (χ1v) is 10.1. The standard InChI is InChI=1S/C19H22N2O5S/c1-13-11-21(12-14(2)26-13)27(24,25)18-9-3-15(4-10-18)19(23)20-16-5-7-17(22)8-6-16/h3-10,13-14,22H,11-12H2,1-2H3,(H,20,23)/t13-,14+. The number of hydrogen-bond donors (Lipinski definition) is 2. The van der Waals surface area contributed by atoms with Gasteiger partial charge in [-0.3, -0.25) is 4.79 Å². The minimum atomic E-state index is -3.64. The molecule has 0 spiro atoms. The number of carbonyl (C=O) groups is 1. The van der Waals surface area contributed by atoms with Gasteiger partial charge in [-0.05, 0) is 62.4 Å². The maximum absolute atomic E-state index is 12.8. The van der Waals surface area contributed by atoms with Crippen molar-refractivity contribution in [3.63, 3.8) is 0 Å². The maximum atomic E-state index is 12.8. The van der Waals surface area contributed by atoms with Gasteiger partial charge in [0.15, 0.2) is 0 Å². The topological polar surface area (TPSA) is 95.9 Å². The third-order valence-corrected chi connectivity index (χ3v) is 6.11. The number of phenols is 1. The average Bonchev–Trinajstić information content (AvgIpc) is 2.63. The van der Waals surface area contributed by atoms with Crippen molar-refractivity contribution in [1.29, 1.82) is 0 Å². The number of phenolic OH excluding ortho intramolecular Hbond substituents is 1. The molecule has 1 aliphatic heterocycles. The third-order valence-electron chi connectivity index (χ3n) is 4.27. The molecule has 0 unspecified atom stereocenters. The summed E-state index contributed by atoms with van der Waals surface area (Å²) in [6.45, 7) is 4.29. The molecular weight excluding hydrogens is 368 g/mol. The fourth-order valence-corrected chi connectivity index (χ4v) is 4.59. The van der Waals surface area contributed by atoms with Gasteiger partial charge in [-0.1, -0.05) is 0 Å². The van der Waals surface area contributed by atoms with Crippen molar-refractivity contribution in [2.24, 2.45) is 0 Å². The Morgan fingerprint density at radius 2 is 1.59 bits per heavy atom. The van der Waals surface area contributed by atoms with Crippen molar-refractivity contribution < 1.29 is 23.1 Å². The minimum absolute atomic E-state index is 0.106. The smallest absolute Gasteiger partial charge is 0.255 e. The SMILES string of the molecule is C[C@@H]1CN(S(=O)(=O)c2ccc(C(=O)Nc3ccc(O)cc3)cc2)C[C@H](C)O1. The molecule has 1 amide bonds. The summed E-state index contributed by atoms with van der Waals surface area (Å²) in [5.74, 6) is -0.257. The summed E-state index contributed by atoms with van der Waals surface area (Å²) < 4.78 is 32.7. The van der Waals surface area contributed by atoms with Gasteiger partial charge in [0.05, 0.1) is 17.1 Å². The number of rotatable bonds is 4. The van der Waals surface area contributed by atoms with Gasteiger partial charge in [-0.2, -0.15) is 4.31 Å². The highest BCUT2D eigenvalue weighted by molar-refractivity contribution is 7.89. The van der Waals surface area contributed by atoms with E-state index in [1.54, 1.807) is 12.1 Å². The number of morpholine rings is 1. The van der Waals surface area contributed by atoms with Gasteiger partial charge in [0.2, 0.25) is 10.0 Å². The van der Waals surface area contributed by atoms with Crippen LogP contribution in [0.2, 0.25) is 0 Å². The first-order chi connectivity index (χ1) is 12.8. The van der Waals surface area contributed by atoms with Crippen LogP contribution in [-0.4, -0.2) is 49.0 Å². The molecule has 1 heterocycles. The zero-order valence-electron chi connectivity index (χ0n) is 15.1. The summed E-state index contributed by atoms with van der Waals surface area (Å²) in [5, 5.41) is 12.0. The first-order valence-electron chi connectivity index (χ1n) is 8.62. The Morgan fingerprint density at radius 1 is 1.04 bits per heavy atom. The number of aromatic hydroxyl groups is 1. The summed E-state index contributed by atoms with van der Waals surface area (Å²) in [7, 11) is -3.64. The summed E-state index contributed by atoms with van der Waals surface area (Å²) >= 11 is 0. The van der Waals surface area contributed by atoms with E-state index < -0.39 is 10.0 Å². The monoisotopic (exact) mass is 390 g/mol. The van der Waals surface area contributed by atoms with E-state index in [0.717, 1.165) is 0 Å². The van der Waals surface area contributed by atoms with E-state index in [2.05, 4.69) is 5.32 Å². The molecule has 144 valence electrons. The van der Waals surface area contributed by atoms with Crippen molar-refractivity contribution in [1.82, 2.24) is 4.31 Å². The van der Waals surface area contributed by atoms with E-state index in [1.165, 1.54) is 40.7 Å². The molecule has 1 fully saturated rings. The summed E-state index contributed by atoms with van der Waals surface area (Å²) in [6.07, 6.45) is -0.335. The molecule has 2 N–H and O–H groups in total. The van der Waals surface area contributed by atoms with Crippen molar-refractivity contribution >= 4 is 21.6 Å². The number of sulfonamides is 1. The van der Waals surface area contributed by atoms with Gasteiger partial charge in [0.25, 0.3) is 5.91 Å². The van der Waals surface area contributed by atoms with Gasteiger partial charge >= 0.3 is 0 Å². The largest absolute Gasteiger partial charge is 0.508 e. The van der Waals surface area contributed by atoms with Crippen LogP contribution in [0.3, 0.4) is 0 Å². The zero-order valence-corrected chi connectivity index (χ0v) is 15.9. The molecule has 3 rings (SSSR count). The molecule has 2 atom stereocenters. The Morgan fingerprint density at radius 3 is 2.15 bits per heavy atom. The molecule has 2 aromatic rings. The Bertz CT molecular complexity index is 900. The quantitative estimate of drug-likeness (QED) is 0.782. The number of anilines is 1. The maximum Gasteiger partial charge on any atom is 0.255 e. The average molecular weight is 390 g/mol. The summed E-state index contributed by atoms with van der Waals surface area (Å²) in [5.41, 5.74) is 0.872. The lowest BCUT2D eigenvalue weighted by Gasteiger charge is -2.34. The van der Waals surface area contributed by atoms with Crippen LogP contribution in [0.15, 0.2) is 53.4 Å². The summed E-state index contributed by atoms with van der Waals surface area (Å²) in [4.78, 5) is 12.4. The lowest BCUT2D eigenvalue weighted by atomic mass is 10.2. The highest BCUT2D eigenvalue weighted by atomic mass is 32.2. The second-order valence-corrected chi connectivity index (χ2v) is 8.54. The molecule has 8 heteroatoms. The molecule has 1 aliphatic rings. The van der Waals surface area contributed by atoms with Crippen LogP contribution < -0.4 is 5.32 Å². The number of hydrogen-bond acceptors (Lipinski definition) is 5. The zero-order chi connectivity index (χ0) is 19.6. The Balaban J connectivity index is 1.74. The molecule has 0 bridgehead atoms. The lowest BCUT2D eigenvalue weighted by Crippen LogP contribution is -2.48. The molecule has 1 saturated heterocycles. The third kappa shape index (κ3) is 4.47. The van der Waals surface area contributed by atoms with Crippen LogP contribution in [0.4, 0.5) is 5.69 Å². The van der Waals surface area contributed by atoms with E-state index >= 15 is 0 Å². The van der Waals surface area contributed by atoms with Crippen LogP contribution in [0.25, 0.3) is 0 Å². The Hall–Kier alpha value is -2.42. The second kappa shape index (κ2) is 7.67. The van der Waals surface area contributed by atoms with Gasteiger partial charge in [-0.25, -0.2) is 8.42 Å². The number of nitrogens with one attached hydrogen (secondary N) is 1. The predicted octanol–water partition coefficient (Wildman–Crippen LogP) is 2.44. The van der Waals surface area contributed by atoms with Crippen molar-refractivity contribution in [3.8, 4) is 5.75 Å². The number of ether oxygens (including phenoxy) is 1. The molecule has 2 aromatic carbocycles. The van der Waals surface area contributed by atoms with Gasteiger partial charge < -0.3 is 15.2 Å². The van der Waals surface area contributed by atoms with Crippen LogP contribution in [-0.2, 0) is 14.8 Å². The van der Waals surface area contributed by atoms with Crippen LogP contribution in [0, 0.1) is 0 Å². The van der Waals surface area contributed by atoms with Gasteiger partial charge in [0, 0.05) is 24.3 Å². The number of nitrogens with zero attached hydrogens (tertiary/aromatic N) is 1. The highest BCUT2D eigenvalue weighted by Gasteiger charge is 2.32. The van der Waals surface area contributed by atoms with E-state index in [9.17, 15) is 18.3 Å². The number of benzene rings is 2. The molecule has 0 saturated carbocycles. The van der Waals surface area contributed by atoms with E-state index in [0.29, 0.717) is 24.3 Å². The fraction of sp³-hybridized carbons (Fsp3) is 0.316. The van der Waals surface area contributed by atoms with Crippen molar-refractivity contribution in [3.05, 3.63) is 54.1 Å². The highest BCUT2D eigenvalue weighted by Crippen LogP contribution is 2.22. The Labute approximate surface area is 158 Å². The second-order valence-electron chi connectivity index (χ2n) is 6.60.